The van der Waals surface area contributed by atoms with Gasteiger partial charge in [-0.1, -0.05) is 30.3 Å². The Morgan fingerprint density at radius 3 is 2.48 bits per heavy atom. The molecule has 1 aliphatic carbocycles. The highest BCUT2D eigenvalue weighted by Crippen LogP contribution is 2.24. The van der Waals surface area contributed by atoms with Gasteiger partial charge in [0.2, 0.25) is 0 Å². The Hall–Kier alpha value is -2.55. The van der Waals surface area contributed by atoms with Crippen LogP contribution in [0.5, 0.6) is 0 Å². The first-order valence-electron chi connectivity index (χ1n) is 8.82. The van der Waals surface area contributed by atoms with Gasteiger partial charge in [0.25, 0.3) is 0 Å². The normalized spacial score (nSPS) is 20.9. The number of carbonyl (C=O) groups excluding carboxylic acids is 1. The summed E-state index contributed by atoms with van der Waals surface area (Å²) in [5.74, 6) is -1.03. The van der Waals surface area contributed by atoms with E-state index in [0.29, 0.717) is 38.5 Å². The van der Waals surface area contributed by atoms with Crippen molar-refractivity contribution in [2.24, 2.45) is 5.92 Å². The number of hydrogen-bond acceptors (Lipinski definition) is 3. The highest BCUT2D eigenvalue weighted by atomic mass is 16.4. The molecule has 1 aromatic carbocycles. The van der Waals surface area contributed by atoms with Crippen LogP contribution in [0.25, 0.3) is 0 Å². The average molecular weight is 343 g/mol. The molecule has 1 aromatic rings. The molecule has 1 fully saturated rings. The molecule has 0 aromatic heterocycles. The molecule has 0 bridgehead atoms. The van der Waals surface area contributed by atoms with Gasteiger partial charge >= 0.3 is 12.0 Å². The number of unbranched alkanes of at least 4 members (excludes halogenated alkanes) is 1. The first kappa shape index (κ1) is 18.8. The van der Waals surface area contributed by atoms with Crippen LogP contribution in [0.2, 0.25) is 0 Å². The molecule has 1 atom stereocenters. The van der Waals surface area contributed by atoms with Crippen molar-refractivity contribution in [3.05, 3.63) is 35.9 Å². The molecule has 0 spiro atoms. The molecule has 3 N–H and O–H groups in total. The highest BCUT2D eigenvalue weighted by molar-refractivity contribution is 5.75. The zero-order valence-electron chi connectivity index (χ0n) is 14.3. The zero-order chi connectivity index (χ0) is 18.1. The third kappa shape index (κ3) is 6.11. The van der Waals surface area contributed by atoms with Crippen molar-refractivity contribution in [3.63, 3.8) is 0 Å². The van der Waals surface area contributed by atoms with Crippen molar-refractivity contribution in [3.8, 4) is 6.07 Å². The monoisotopic (exact) mass is 343 g/mol. The van der Waals surface area contributed by atoms with Crippen molar-refractivity contribution < 1.29 is 14.7 Å². The van der Waals surface area contributed by atoms with Crippen LogP contribution >= 0.6 is 0 Å². The number of rotatable bonds is 7. The van der Waals surface area contributed by atoms with E-state index in [9.17, 15) is 9.59 Å². The molecular weight excluding hydrogens is 318 g/mol. The predicted octanol–water partition coefficient (Wildman–Crippen LogP) is 3.36. The molecule has 134 valence electrons. The predicted molar refractivity (Wildman–Crippen MR) is 93.7 cm³/mol. The lowest BCUT2D eigenvalue weighted by molar-refractivity contribution is -0.142. The van der Waals surface area contributed by atoms with E-state index < -0.39 is 5.97 Å². The fourth-order valence-corrected chi connectivity index (χ4v) is 3.26. The molecule has 0 saturated heterocycles. The van der Waals surface area contributed by atoms with E-state index in [0.717, 1.165) is 12.0 Å². The molecule has 0 heterocycles. The van der Waals surface area contributed by atoms with Gasteiger partial charge in [-0.05, 0) is 44.1 Å². The number of carboxylic acid groups (broad SMARTS) is 1. The molecule has 25 heavy (non-hydrogen) atoms. The van der Waals surface area contributed by atoms with Crippen molar-refractivity contribution in [2.75, 3.05) is 0 Å². The lowest BCUT2D eigenvalue weighted by Crippen LogP contribution is -2.45. The standard InChI is InChI=1S/C19H25N3O3/c20-13-5-4-8-17(14-6-2-1-3-7-14)22-19(25)21-16-11-9-15(10-12-16)18(23)24/h1-3,6-7,15-17H,4-5,8-12H2,(H,23,24)(H2,21,22,25). The first-order chi connectivity index (χ1) is 12.1. The molecule has 1 aliphatic rings. The topological polar surface area (TPSA) is 102 Å². The number of benzene rings is 1. The molecule has 2 rings (SSSR count). The maximum absolute atomic E-state index is 12.3. The van der Waals surface area contributed by atoms with Crippen LogP contribution in [-0.2, 0) is 4.79 Å². The van der Waals surface area contributed by atoms with E-state index in [1.165, 1.54) is 0 Å². The smallest absolute Gasteiger partial charge is 0.315 e. The largest absolute Gasteiger partial charge is 0.481 e. The van der Waals surface area contributed by atoms with Gasteiger partial charge in [0, 0.05) is 12.5 Å². The number of aliphatic carboxylic acids is 1. The van der Waals surface area contributed by atoms with Gasteiger partial charge in [-0.3, -0.25) is 4.79 Å². The second-order valence-electron chi connectivity index (χ2n) is 6.52. The van der Waals surface area contributed by atoms with E-state index in [-0.39, 0.29) is 24.0 Å². The van der Waals surface area contributed by atoms with Crippen LogP contribution in [-0.4, -0.2) is 23.1 Å². The fraction of sp³-hybridized carbons (Fsp3) is 0.526. The second kappa shape index (κ2) is 9.67. The number of hydrogen-bond donors (Lipinski definition) is 3. The summed E-state index contributed by atoms with van der Waals surface area (Å²) in [5, 5.41) is 23.7. The SMILES string of the molecule is N#CCCCC(NC(=O)NC1CCC(C(=O)O)CC1)c1ccccc1. The van der Waals surface area contributed by atoms with E-state index in [2.05, 4.69) is 16.7 Å². The minimum atomic E-state index is -0.746. The third-order valence-electron chi connectivity index (χ3n) is 4.70. The highest BCUT2D eigenvalue weighted by Gasteiger charge is 2.27. The number of nitriles is 1. The maximum atomic E-state index is 12.3. The van der Waals surface area contributed by atoms with Crippen molar-refractivity contribution in [1.29, 1.82) is 5.26 Å². The molecular formula is C19H25N3O3. The van der Waals surface area contributed by atoms with Crippen LogP contribution in [0, 0.1) is 17.2 Å². The van der Waals surface area contributed by atoms with Gasteiger partial charge < -0.3 is 15.7 Å². The molecule has 6 heteroatoms. The van der Waals surface area contributed by atoms with Crippen molar-refractivity contribution >= 4 is 12.0 Å². The Kier molecular flexibility index (Phi) is 7.27. The third-order valence-corrected chi connectivity index (χ3v) is 4.70. The van der Waals surface area contributed by atoms with Crippen LogP contribution in [0.4, 0.5) is 4.79 Å². The summed E-state index contributed by atoms with van der Waals surface area (Å²) in [6.45, 7) is 0. The van der Waals surface area contributed by atoms with Gasteiger partial charge in [0.1, 0.15) is 0 Å². The molecule has 1 saturated carbocycles. The summed E-state index contributed by atoms with van der Waals surface area (Å²) in [6.07, 6.45) is 4.47. The maximum Gasteiger partial charge on any atom is 0.315 e. The van der Waals surface area contributed by atoms with E-state index in [4.69, 9.17) is 10.4 Å². The summed E-state index contributed by atoms with van der Waals surface area (Å²) >= 11 is 0. The van der Waals surface area contributed by atoms with Gasteiger partial charge in [-0.25, -0.2) is 4.79 Å². The number of nitrogens with one attached hydrogen (secondary N) is 2. The lowest BCUT2D eigenvalue weighted by Gasteiger charge is -2.28. The molecule has 2 amide bonds. The van der Waals surface area contributed by atoms with Gasteiger partial charge in [0.05, 0.1) is 18.0 Å². The van der Waals surface area contributed by atoms with Crippen LogP contribution in [0.1, 0.15) is 56.6 Å². The van der Waals surface area contributed by atoms with Gasteiger partial charge in [0.15, 0.2) is 0 Å². The Bertz CT molecular complexity index is 604. The number of carboxylic acids is 1. The molecule has 0 aliphatic heterocycles. The van der Waals surface area contributed by atoms with E-state index in [1.807, 2.05) is 30.3 Å². The van der Waals surface area contributed by atoms with E-state index >= 15 is 0 Å². The minimum absolute atomic E-state index is 0.0196. The summed E-state index contributed by atoms with van der Waals surface area (Å²) in [4.78, 5) is 23.3. The van der Waals surface area contributed by atoms with Crippen molar-refractivity contribution in [2.45, 2.75) is 57.0 Å². The molecule has 0 radical (unpaired) electrons. The van der Waals surface area contributed by atoms with Crippen LogP contribution < -0.4 is 10.6 Å². The Morgan fingerprint density at radius 2 is 1.88 bits per heavy atom. The average Bonchev–Trinajstić information content (AvgIpc) is 2.62. The fourth-order valence-electron chi connectivity index (χ4n) is 3.26. The summed E-state index contributed by atoms with van der Waals surface area (Å²) < 4.78 is 0. The Balaban J connectivity index is 1.87. The molecule has 6 nitrogen and oxygen atoms in total. The number of nitrogens with zero attached hydrogens (tertiary/aromatic N) is 1. The van der Waals surface area contributed by atoms with Crippen LogP contribution in [0.15, 0.2) is 30.3 Å². The summed E-state index contributed by atoms with van der Waals surface area (Å²) in [5.41, 5.74) is 1.02. The zero-order valence-corrected chi connectivity index (χ0v) is 14.3. The number of amides is 2. The van der Waals surface area contributed by atoms with Gasteiger partial charge in [-0.2, -0.15) is 5.26 Å². The van der Waals surface area contributed by atoms with E-state index in [1.54, 1.807) is 0 Å². The summed E-state index contributed by atoms with van der Waals surface area (Å²) in [7, 11) is 0. The quantitative estimate of drug-likeness (QED) is 0.661. The first-order valence-corrected chi connectivity index (χ1v) is 8.82. The number of urea groups is 1. The van der Waals surface area contributed by atoms with Crippen molar-refractivity contribution in [1.82, 2.24) is 10.6 Å². The Morgan fingerprint density at radius 1 is 1.20 bits per heavy atom. The second-order valence-corrected chi connectivity index (χ2v) is 6.52. The minimum Gasteiger partial charge on any atom is -0.481 e. The van der Waals surface area contributed by atoms with Gasteiger partial charge in [-0.15, -0.1) is 0 Å². The Labute approximate surface area is 148 Å². The summed E-state index contributed by atoms with van der Waals surface area (Å²) in [6, 6.07) is 11.5. The van der Waals surface area contributed by atoms with Crippen LogP contribution in [0.3, 0.4) is 0 Å². The number of carbonyl (C=O) groups is 2. The molecule has 1 unspecified atom stereocenters. The lowest BCUT2D eigenvalue weighted by atomic mass is 9.86.